The maximum atomic E-state index is 12.7. The summed E-state index contributed by atoms with van der Waals surface area (Å²) in [5.41, 5.74) is 3.58. The topological polar surface area (TPSA) is 72.7 Å². The largest absolute Gasteiger partial charge is 0.321 e. The van der Waals surface area contributed by atoms with E-state index < -0.39 is 0 Å². The lowest BCUT2D eigenvalue weighted by Gasteiger charge is -2.06. The Bertz CT molecular complexity index is 1040. The van der Waals surface area contributed by atoms with Crippen LogP contribution in [-0.2, 0) is 6.54 Å². The first kappa shape index (κ1) is 17.1. The van der Waals surface area contributed by atoms with Crippen LogP contribution in [0.4, 0.5) is 5.69 Å². The van der Waals surface area contributed by atoms with Crippen molar-refractivity contribution < 1.29 is 4.79 Å². The molecule has 4 rings (SSSR count). The molecule has 27 heavy (non-hydrogen) atoms. The van der Waals surface area contributed by atoms with Crippen molar-refractivity contribution in [3.63, 3.8) is 0 Å². The standard InChI is InChI=1S/C20H17N5OS/c1-14-18(27-20(23-14)16-5-3-2-4-6-16)19(26)24-17-9-7-15(8-10-17)11-25-13-21-12-22-25/h2-10,12-13H,11H2,1H3,(H,24,26). The normalized spacial score (nSPS) is 10.7. The number of hydrogen-bond acceptors (Lipinski definition) is 5. The molecule has 2 aromatic heterocycles. The number of anilines is 1. The number of hydrogen-bond donors (Lipinski definition) is 1. The summed E-state index contributed by atoms with van der Waals surface area (Å²) in [6.45, 7) is 2.50. The van der Waals surface area contributed by atoms with Gasteiger partial charge in [-0.15, -0.1) is 11.3 Å². The molecule has 0 saturated heterocycles. The third-order valence-corrected chi connectivity index (χ3v) is 5.25. The molecule has 0 bridgehead atoms. The van der Waals surface area contributed by atoms with Gasteiger partial charge in [-0.1, -0.05) is 42.5 Å². The van der Waals surface area contributed by atoms with Gasteiger partial charge in [0.1, 0.15) is 22.5 Å². The molecule has 4 aromatic rings. The number of aryl methyl sites for hydroxylation is 1. The van der Waals surface area contributed by atoms with Gasteiger partial charge in [0, 0.05) is 11.3 Å². The quantitative estimate of drug-likeness (QED) is 0.572. The van der Waals surface area contributed by atoms with Crippen LogP contribution in [0.2, 0.25) is 0 Å². The summed E-state index contributed by atoms with van der Waals surface area (Å²) in [5.74, 6) is -0.142. The van der Waals surface area contributed by atoms with E-state index in [1.165, 1.54) is 17.7 Å². The van der Waals surface area contributed by atoms with Crippen LogP contribution in [0.5, 0.6) is 0 Å². The van der Waals surface area contributed by atoms with Crippen molar-refractivity contribution in [2.45, 2.75) is 13.5 Å². The highest BCUT2D eigenvalue weighted by atomic mass is 32.1. The van der Waals surface area contributed by atoms with E-state index in [4.69, 9.17) is 0 Å². The van der Waals surface area contributed by atoms with E-state index in [1.54, 1.807) is 11.0 Å². The first-order chi connectivity index (χ1) is 13.2. The number of nitrogens with zero attached hydrogens (tertiary/aromatic N) is 4. The van der Waals surface area contributed by atoms with Gasteiger partial charge in [-0.3, -0.25) is 4.79 Å². The molecule has 0 aliphatic carbocycles. The van der Waals surface area contributed by atoms with Gasteiger partial charge in [0.2, 0.25) is 0 Å². The molecule has 0 unspecified atom stereocenters. The van der Waals surface area contributed by atoms with Crippen molar-refractivity contribution >= 4 is 22.9 Å². The molecule has 0 fully saturated rings. The van der Waals surface area contributed by atoms with Crippen LogP contribution < -0.4 is 5.32 Å². The van der Waals surface area contributed by atoms with E-state index in [9.17, 15) is 4.79 Å². The second-order valence-electron chi connectivity index (χ2n) is 6.04. The van der Waals surface area contributed by atoms with E-state index in [0.717, 1.165) is 27.5 Å². The van der Waals surface area contributed by atoms with E-state index in [1.807, 2.05) is 61.5 Å². The molecule has 2 aromatic carbocycles. The van der Waals surface area contributed by atoms with Crippen molar-refractivity contribution in [2.24, 2.45) is 0 Å². The van der Waals surface area contributed by atoms with Crippen LogP contribution in [0, 0.1) is 6.92 Å². The average molecular weight is 375 g/mol. The maximum Gasteiger partial charge on any atom is 0.267 e. The highest BCUT2D eigenvalue weighted by Crippen LogP contribution is 2.28. The molecule has 2 heterocycles. The van der Waals surface area contributed by atoms with Gasteiger partial charge < -0.3 is 5.32 Å². The maximum absolute atomic E-state index is 12.7. The van der Waals surface area contributed by atoms with Crippen molar-refractivity contribution in [1.29, 1.82) is 0 Å². The fourth-order valence-electron chi connectivity index (χ4n) is 2.69. The second-order valence-corrected chi connectivity index (χ2v) is 7.04. The third-order valence-electron chi connectivity index (χ3n) is 4.05. The molecule has 0 aliphatic heterocycles. The summed E-state index contributed by atoms with van der Waals surface area (Å²) in [6.07, 6.45) is 3.18. The van der Waals surface area contributed by atoms with E-state index >= 15 is 0 Å². The SMILES string of the molecule is Cc1nc(-c2ccccc2)sc1C(=O)Nc1ccc(Cn2cncn2)cc1. The molecule has 1 amide bonds. The number of nitrogens with one attached hydrogen (secondary N) is 1. The number of thiazole rings is 1. The molecule has 0 saturated carbocycles. The summed E-state index contributed by atoms with van der Waals surface area (Å²) >= 11 is 1.40. The molecular formula is C20H17N5OS. The number of carbonyl (C=O) groups excluding carboxylic acids is 1. The van der Waals surface area contributed by atoms with Gasteiger partial charge in [0.15, 0.2) is 0 Å². The Morgan fingerprint density at radius 2 is 1.89 bits per heavy atom. The summed E-state index contributed by atoms with van der Waals surface area (Å²) in [5, 5.41) is 7.88. The molecule has 6 nitrogen and oxygen atoms in total. The highest BCUT2D eigenvalue weighted by Gasteiger charge is 2.16. The van der Waals surface area contributed by atoms with Crippen molar-refractivity contribution in [2.75, 3.05) is 5.32 Å². The van der Waals surface area contributed by atoms with E-state index in [0.29, 0.717) is 11.4 Å². The zero-order valence-electron chi connectivity index (χ0n) is 14.7. The van der Waals surface area contributed by atoms with Crippen LogP contribution in [0.3, 0.4) is 0 Å². The van der Waals surface area contributed by atoms with Crippen LogP contribution in [-0.4, -0.2) is 25.7 Å². The average Bonchev–Trinajstić information content (AvgIpc) is 3.34. The van der Waals surface area contributed by atoms with Gasteiger partial charge in [0.25, 0.3) is 5.91 Å². The van der Waals surface area contributed by atoms with Crippen LogP contribution in [0.15, 0.2) is 67.3 Å². The number of aromatic nitrogens is 4. The van der Waals surface area contributed by atoms with Crippen molar-refractivity contribution in [3.05, 3.63) is 83.4 Å². The van der Waals surface area contributed by atoms with Gasteiger partial charge in [-0.2, -0.15) is 5.10 Å². The number of carbonyl (C=O) groups is 1. The minimum Gasteiger partial charge on any atom is -0.321 e. The van der Waals surface area contributed by atoms with Crippen LogP contribution in [0.1, 0.15) is 20.9 Å². The summed E-state index contributed by atoms with van der Waals surface area (Å²) in [6, 6.07) is 17.6. The molecule has 0 radical (unpaired) electrons. The fourth-order valence-corrected chi connectivity index (χ4v) is 3.66. The molecule has 0 spiro atoms. The lowest BCUT2D eigenvalue weighted by molar-refractivity contribution is 0.103. The smallest absolute Gasteiger partial charge is 0.267 e. The minimum atomic E-state index is -0.142. The first-order valence-corrected chi connectivity index (χ1v) is 9.26. The van der Waals surface area contributed by atoms with Crippen LogP contribution in [0.25, 0.3) is 10.6 Å². The van der Waals surface area contributed by atoms with Gasteiger partial charge in [0.05, 0.1) is 12.2 Å². The first-order valence-electron chi connectivity index (χ1n) is 8.44. The highest BCUT2D eigenvalue weighted by molar-refractivity contribution is 7.17. The molecule has 0 aliphatic rings. The fraction of sp³-hybridized carbons (Fsp3) is 0.100. The Balaban J connectivity index is 1.47. The summed E-state index contributed by atoms with van der Waals surface area (Å²) in [4.78, 5) is 21.8. The molecule has 7 heteroatoms. The molecule has 1 N–H and O–H groups in total. The van der Waals surface area contributed by atoms with Gasteiger partial charge in [-0.05, 0) is 24.6 Å². The monoisotopic (exact) mass is 375 g/mol. The Hall–Kier alpha value is -3.32. The summed E-state index contributed by atoms with van der Waals surface area (Å²) < 4.78 is 1.75. The Labute approximate surface area is 160 Å². The lowest BCUT2D eigenvalue weighted by Crippen LogP contribution is -2.11. The molecule has 0 atom stereocenters. The molecule has 134 valence electrons. The Kier molecular flexibility index (Phi) is 4.76. The number of benzene rings is 2. The van der Waals surface area contributed by atoms with Gasteiger partial charge in [-0.25, -0.2) is 14.6 Å². The zero-order chi connectivity index (χ0) is 18.6. The Morgan fingerprint density at radius 3 is 2.59 bits per heavy atom. The zero-order valence-corrected chi connectivity index (χ0v) is 15.5. The predicted octanol–water partition coefficient (Wildman–Crippen LogP) is 4.01. The predicted molar refractivity (Wildman–Crippen MR) is 106 cm³/mol. The van der Waals surface area contributed by atoms with Crippen molar-refractivity contribution in [3.8, 4) is 10.6 Å². The number of rotatable bonds is 5. The lowest BCUT2D eigenvalue weighted by atomic mass is 10.2. The number of amides is 1. The van der Waals surface area contributed by atoms with Crippen molar-refractivity contribution in [1.82, 2.24) is 19.7 Å². The van der Waals surface area contributed by atoms with E-state index in [2.05, 4.69) is 20.4 Å². The third kappa shape index (κ3) is 3.93. The van der Waals surface area contributed by atoms with Gasteiger partial charge >= 0.3 is 0 Å². The summed E-state index contributed by atoms with van der Waals surface area (Å²) in [7, 11) is 0. The Morgan fingerprint density at radius 1 is 1.11 bits per heavy atom. The van der Waals surface area contributed by atoms with Crippen LogP contribution >= 0.6 is 11.3 Å². The van der Waals surface area contributed by atoms with E-state index in [-0.39, 0.29) is 5.91 Å². The minimum absolute atomic E-state index is 0.142. The molecular weight excluding hydrogens is 358 g/mol. The second kappa shape index (κ2) is 7.51.